The highest BCUT2D eigenvalue weighted by Gasteiger charge is 2.23. The molecule has 6 nitrogen and oxygen atoms in total. The highest BCUT2D eigenvalue weighted by molar-refractivity contribution is 5.63. The lowest BCUT2D eigenvalue weighted by atomic mass is 10.3. The van der Waals surface area contributed by atoms with Crippen LogP contribution in [0.1, 0.15) is 0 Å². The van der Waals surface area contributed by atoms with Crippen LogP contribution in [0, 0.1) is 0 Å². The van der Waals surface area contributed by atoms with Crippen molar-refractivity contribution in [2.24, 2.45) is 0 Å². The van der Waals surface area contributed by atoms with Gasteiger partial charge in [-0.25, -0.2) is 9.80 Å². The molecule has 0 spiro atoms. The number of morpholine rings is 1. The zero-order valence-corrected chi connectivity index (χ0v) is 6.56. The average Bonchev–Trinajstić information content (AvgIpc) is 2.04. The van der Waals surface area contributed by atoms with Crippen LogP contribution in [0.5, 0.6) is 0 Å². The third-order valence-corrected chi connectivity index (χ3v) is 1.68. The molecule has 0 bridgehead atoms. The van der Waals surface area contributed by atoms with E-state index in [9.17, 15) is 4.79 Å². The van der Waals surface area contributed by atoms with Crippen LogP contribution in [-0.2, 0) is 4.74 Å². The molecule has 1 atom stereocenters. The number of aliphatic hydroxyl groups is 1. The predicted octanol–water partition coefficient (Wildman–Crippen LogP) is -1.14. The maximum absolute atomic E-state index is 10.3. The van der Waals surface area contributed by atoms with Crippen molar-refractivity contribution in [2.75, 3.05) is 26.4 Å². The summed E-state index contributed by atoms with van der Waals surface area (Å²) < 4.78 is 5.05. The number of nitrogens with zero attached hydrogens (tertiary/aromatic N) is 1. The molecule has 0 aromatic heterocycles. The number of hydrogen-bond acceptors (Lipinski definition) is 4. The highest BCUT2D eigenvalue weighted by atomic mass is 16.5. The Bertz CT molecular complexity index is 164. The average molecular weight is 176 g/mol. The van der Waals surface area contributed by atoms with Gasteiger partial charge in [-0.2, -0.15) is 0 Å². The number of carbonyl (C=O) groups is 1. The topological polar surface area (TPSA) is 82.0 Å². The van der Waals surface area contributed by atoms with Crippen LogP contribution in [0.4, 0.5) is 4.79 Å². The Kier molecular flexibility index (Phi) is 3.27. The maximum atomic E-state index is 10.3. The Morgan fingerprint density at radius 3 is 3.08 bits per heavy atom. The van der Waals surface area contributed by atoms with Gasteiger partial charge >= 0.3 is 6.09 Å². The molecule has 12 heavy (non-hydrogen) atoms. The zero-order valence-electron chi connectivity index (χ0n) is 6.56. The number of hydrogen-bond donors (Lipinski definition) is 3. The lowest BCUT2D eigenvalue weighted by Gasteiger charge is -2.33. The fraction of sp³-hybridized carbons (Fsp3) is 0.833. The molecular formula is C6H12N2O4. The van der Waals surface area contributed by atoms with Crippen LogP contribution in [0.15, 0.2) is 0 Å². The molecule has 1 aliphatic heterocycles. The number of ether oxygens (including phenoxy) is 1. The number of rotatable bonds is 2. The molecule has 1 fully saturated rings. The van der Waals surface area contributed by atoms with E-state index in [0.717, 1.165) is 0 Å². The zero-order chi connectivity index (χ0) is 8.97. The van der Waals surface area contributed by atoms with Crippen LogP contribution in [0.25, 0.3) is 0 Å². The second-order valence-electron chi connectivity index (χ2n) is 2.52. The normalized spacial score (nSPS) is 25.2. The summed E-state index contributed by atoms with van der Waals surface area (Å²) in [5.41, 5.74) is 2.19. The van der Waals surface area contributed by atoms with Gasteiger partial charge in [-0.15, -0.1) is 0 Å². The first-order valence-electron chi connectivity index (χ1n) is 3.69. The van der Waals surface area contributed by atoms with Crippen molar-refractivity contribution in [3.05, 3.63) is 0 Å². The molecule has 0 aliphatic carbocycles. The Hall–Kier alpha value is -0.850. The van der Waals surface area contributed by atoms with Gasteiger partial charge in [0.05, 0.1) is 25.9 Å². The molecule has 0 unspecified atom stereocenters. The molecule has 1 heterocycles. The molecule has 70 valence electrons. The van der Waals surface area contributed by atoms with Crippen LogP contribution in [-0.4, -0.2) is 53.7 Å². The third kappa shape index (κ3) is 2.33. The van der Waals surface area contributed by atoms with E-state index in [1.807, 2.05) is 0 Å². The summed E-state index contributed by atoms with van der Waals surface area (Å²) in [6.45, 7) is 1.20. The molecule has 0 saturated carbocycles. The van der Waals surface area contributed by atoms with Crippen molar-refractivity contribution in [1.82, 2.24) is 10.4 Å². The molecule has 0 radical (unpaired) electrons. The maximum Gasteiger partial charge on any atom is 0.419 e. The minimum atomic E-state index is -1.12. The van der Waals surface area contributed by atoms with E-state index in [4.69, 9.17) is 14.9 Å². The van der Waals surface area contributed by atoms with Crippen molar-refractivity contribution in [1.29, 1.82) is 0 Å². The van der Waals surface area contributed by atoms with Gasteiger partial charge in [0, 0.05) is 6.54 Å². The number of amides is 1. The molecule has 0 aromatic carbocycles. The van der Waals surface area contributed by atoms with Gasteiger partial charge in [-0.1, -0.05) is 0 Å². The lowest BCUT2D eigenvalue weighted by molar-refractivity contribution is -0.0479. The van der Waals surface area contributed by atoms with Gasteiger partial charge in [0.15, 0.2) is 0 Å². The first kappa shape index (κ1) is 9.24. The number of carboxylic acid groups (broad SMARTS) is 1. The van der Waals surface area contributed by atoms with Crippen molar-refractivity contribution in [3.63, 3.8) is 0 Å². The highest BCUT2D eigenvalue weighted by Crippen LogP contribution is 2.02. The van der Waals surface area contributed by atoms with Crippen LogP contribution in [0.2, 0.25) is 0 Å². The van der Waals surface area contributed by atoms with Crippen molar-refractivity contribution in [2.45, 2.75) is 6.04 Å². The summed E-state index contributed by atoms with van der Waals surface area (Å²) in [7, 11) is 0. The van der Waals surface area contributed by atoms with Gasteiger partial charge in [-0.05, 0) is 0 Å². The summed E-state index contributed by atoms with van der Waals surface area (Å²) in [5.74, 6) is 0. The van der Waals surface area contributed by atoms with E-state index < -0.39 is 6.09 Å². The van der Waals surface area contributed by atoms with Gasteiger partial charge in [-0.3, -0.25) is 5.43 Å². The SMILES string of the molecule is O=C(O)NN1CCOC[C@H]1CO. The van der Waals surface area contributed by atoms with E-state index >= 15 is 0 Å². The Labute approximate surface area is 69.7 Å². The van der Waals surface area contributed by atoms with Gasteiger partial charge < -0.3 is 14.9 Å². The second-order valence-corrected chi connectivity index (χ2v) is 2.52. The monoisotopic (exact) mass is 176 g/mol. The summed E-state index contributed by atoms with van der Waals surface area (Å²) in [6, 6.07) is -0.269. The largest absolute Gasteiger partial charge is 0.464 e. The first-order valence-corrected chi connectivity index (χ1v) is 3.69. The summed E-state index contributed by atoms with van der Waals surface area (Å²) in [5, 5.41) is 18.7. The first-order chi connectivity index (χ1) is 5.74. The molecule has 1 rings (SSSR count). The summed E-state index contributed by atoms with van der Waals surface area (Å²) >= 11 is 0. The number of nitrogens with one attached hydrogen (secondary N) is 1. The van der Waals surface area contributed by atoms with E-state index in [2.05, 4.69) is 5.43 Å². The van der Waals surface area contributed by atoms with Crippen LogP contribution < -0.4 is 5.43 Å². The quantitative estimate of drug-likeness (QED) is 0.495. The smallest absolute Gasteiger partial charge is 0.419 e. The van der Waals surface area contributed by atoms with Crippen molar-refractivity contribution < 1.29 is 19.7 Å². The second kappa shape index (κ2) is 4.24. The van der Waals surface area contributed by atoms with Gasteiger partial charge in [0.25, 0.3) is 0 Å². The van der Waals surface area contributed by atoms with Crippen molar-refractivity contribution >= 4 is 6.09 Å². The van der Waals surface area contributed by atoms with Crippen molar-refractivity contribution in [3.8, 4) is 0 Å². The lowest BCUT2D eigenvalue weighted by Crippen LogP contribution is -2.55. The molecule has 0 aromatic rings. The Balaban J connectivity index is 2.41. The summed E-state index contributed by atoms with van der Waals surface area (Å²) in [4.78, 5) is 10.3. The predicted molar refractivity (Wildman–Crippen MR) is 39.6 cm³/mol. The molecule has 3 N–H and O–H groups in total. The van der Waals surface area contributed by atoms with E-state index in [0.29, 0.717) is 19.8 Å². The minimum Gasteiger partial charge on any atom is -0.464 e. The minimum absolute atomic E-state index is 0.111. The van der Waals surface area contributed by atoms with E-state index in [-0.39, 0.29) is 12.6 Å². The number of aliphatic hydroxyl groups excluding tert-OH is 1. The third-order valence-electron chi connectivity index (χ3n) is 1.68. The fourth-order valence-corrected chi connectivity index (χ4v) is 1.08. The molecule has 6 heteroatoms. The molecule has 1 amide bonds. The van der Waals surface area contributed by atoms with Crippen LogP contribution >= 0.6 is 0 Å². The fourth-order valence-electron chi connectivity index (χ4n) is 1.08. The van der Waals surface area contributed by atoms with Gasteiger partial charge in [0.1, 0.15) is 0 Å². The van der Waals surface area contributed by atoms with Crippen LogP contribution in [0.3, 0.4) is 0 Å². The molecule has 1 aliphatic rings. The number of hydrazine groups is 1. The molecule has 1 saturated heterocycles. The van der Waals surface area contributed by atoms with E-state index in [1.165, 1.54) is 5.01 Å². The van der Waals surface area contributed by atoms with E-state index in [1.54, 1.807) is 0 Å². The summed E-state index contributed by atoms with van der Waals surface area (Å²) in [6.07, 6.45) is -1.12. The standard InChI is InChI=1S/C6H12N2O4/c9-3-5-4-12-2-1-8(5)7-6(10)11/h5,7,9H,1-4H2,(H,10,11)/t5-/m1/s1. The van der Waals surface area contributed by atoms with Gasteiger partial charge in [0.2, 0.25) is 0 Å². The molecular weight excluding hydrogens is 164 g/mol. The Morgan fingerprint density at radius 1 is 1.75 bits per heavy atom. The Morgan fingerprint density at radius 2 is 2.50 bits per heavy atom.